The molecule has 3 unspecified atom stereocenters. The minimum atomic E-state index is -0.537. The highest BCUT2D eigenvalue weighted by Gasteiger charge is 2.63. The smallest absolute Gasteiger partial charge is 0.234 e. The van der Waals surface area contributed by atoms with Gasteiger partial charge in [0.2, 0.25) is 11.8 Å². The lowest BCUT2D eigenvalue weighted by molar-refractivity contribution is -0.141. The number of benzene rings is 1. The van der Waals surface area contributed by atoms with Crippen LogP contribution in [0.5, 0.6) is 0 Å². The second-order valence-corrected chi connectivity index (χ2v) is 6.65. The maximum Gasteiger partial charge on any atom is 0.234 e. The molecule has 3 aliphatic rings. The number of hydrogen-bond donors (Lipinski definition) is 0. The number of imide groups is 1. The van der Waals surface area contributed by atoms with Crippen molar-refractivity contribution in [3.05, 3.63) is 47.5 Å². The van der Waals surface area contributed by atoms with Gasteiger partial charge in [-0.1, -0.05) is 35.9 Å². The van der Waals surface area contributed by atoms with E-state index in [1.807, 2.05) is 30.0 Å². The van der Waals surface area contributed by atoms with Gasteiger partial charge in [-0.05, 0) is 18.6 Å². The molecule has 2 amide bonds. The van der Waals surface area contributed by atoms with Crippen molar-refractivity contribution < 1.29 is 14.4 Å². The fourth-order valence-electron chi connectivity index (χ4n) is 4.24. The van der Waals surface area contributed by atoms with E-state index in [2.05, 4.69) is 6.07 Å². The van der Waals surface area contributed by atoms with Gasteiger partial charge in [-0.25, -0.2) is 0 Å². The van der Waals surface area contributed by atoms with Crippen molar-refractivity contribution in [1.82, 2.24) is 9.80 Å². The monoisotopic (exact) mass is 310 g/mol. The first-order valence-electron chi connectivity index (χ1n) is 7.84. The molecule has 4 rings (SSSR count). The molecule has 23 heavy (non-hydrogen) atoms. The largest absolute Gasteiger partial charge is 0.293 e. The molecule has 2 bridgehead atoms. The molecule has 0 saturated carbocycles. The molecule has 0 spiro atoms. The Hall–Kier alpha value is -2.27. The summed E-state index contributed by atoms with van der Waals surface area (Å²) in [5.74, 6) is -1.42. The molecule has 2 saturated heterocycles. The Morgan fingerprint density at radius 1 is 1.09 bits per heavy atom. The first-order chi connectivity index (χ1) is 11.0. The van der Waals surface area contributed by atoms with E-state index >= 15 is 0 Å². The van der Waals surface area contributed by atoms with Crippen LogP contribution in [-0.4, -0.2) is 46.5 Å². The zero-order valence-corrected chi connectivity index (χ0v) is 13.1. The van der Waals surface area contributed by atoms with Crippen molar-refractivity contribution in [3.8, 4) is 0 Å². The fraction of sp³-hybridized carbons (Fsp3) is 0.389. The van der Waals surface area contributed by atoms with Crippen LogP contribution in [-0.2, 0) is 20.9 Å². The van der Waals surface area contributed by atoms with Crippen LogP contribution >= 0.6 is 0 Å². The Bertz CT molecular complexity index is 754. The quantitative estimate of drug-likeness (QED) is 0.762. The highest BCUT2D eigenvalue weighted by atomic mass is 16.2. The van der Waals surface area contributed by atoms with Gasteiger partial charge in [-0.2, -0.15) is 0 Å². The van der Waals surface area contributed by atoms with Crippen molar-refractivity contribution in [1.29, 1.82) is 0 Å². The second-order valence-electron chi connectivity index (χ2n) is 6.65. The Morgan fingerprint density at radius 3 is 2.57 bits per heavy atom. The number of rotatable bonds is 2. The summed E-state index contributed by atoms with van der Waals surface area (Å²) in [4.78, 5) is 40.5. The first kappa shape index (κ1) is 14.3. The van der Waals surface area contributed by atoms with E-state index in [9.17, 15) is 14.4 Å². The molecular weight excluding hydrogens is 292 g/mol. The van der Waals surface area contributed by atoms with Gasteiger partial charge in [0.15, 0.2) is 5.78 Å². The lowest BCUT2D eigenvalue weighted by Gasteiger charge is -2.33. The molecule has 0 aromatic heterocycles. The molecule has 3 heterocycles. The Balaban J connectivity index is 1.72. The molecule has 5 nitrogen and oxygen atoms in total. The molecule has 1 aromatic rings. The summed E-state index contributed by atoms with van der Waals surface area (Å²) in [5, 5.41) is 0. The minimum absolute atomic E-state index is 0.0714. The summed E-state index contributed by atoms with van der Waals surface area (Å²) in [7, 11) is 1.51. The van der Waals surface area contributed by atoms with Crippen LogP contribution < -0.4 is 0 Å². The van der Waals surface area contributed by atoms with Crippen LogP contribution in [0.3, 0.4) is 0 Å². The first-order valence-corrected chi connectivity index (χ1v) is 7.84. The topological polar surface area (TPSA) is 57.7 Å². The van der Waals surface area contributed by atoms with Gasteiger partial charge in [0.05, 0.1) is 17.9 Å². The number of hydrogen-bond acceptors (Lipinski definition) is 4. The van der Waals surface area contributed by atoms with E-state index in [0.29, 0.717) is 6.54 Å². The van der Waals surface area contributed by atoms with Crippen molar-refractivity contribution in [3.63, 3.8) is 0 Å². The Kier molecular flexibility index (Phi) is 3.03. The van der Waals surface area contributed by atoms with Crippen LogP contribution in [0, 0.1) is 18.8 Å². The van der Waals surface area contributed by atoms with E-state index in [4.69, 9.17) is 0 Å². The molecule has 4 atom stereocenters. The van der Waals surface area contributed by atoms with Gasteiger partial charge < -0.3 is 0 Å². The molecular formula is C18H18N2O3. The lowest BCUT2D eigenvalue weighted by atomic mass is 9.90. The number of likely N-dealkylation sites (tertiary alicyclic amines) is 1. The maximum atomic E-state index is 12.4. The number of fused-ring (bicyclic) bond motifs is 5. The van der Waals surface area contributed by atoms with Gasteiger partial charge in [0.1, 0.15) is 0 Å². The molecule has 5 heteroatoms. The van der Waals surface area contributed by atoms with E-state index in [0.717, 1.165) is 11.1 Å². The average molecular weight is 310 g/mol. The van der Waals surface area contributed by atoms with E-state index < -0.39 is 17.9 Å². The average Bonchev–Trinajstić information content (AvgIpc) is 2.87. The summed E-state index contributed by atoms with van der Waals surface area (Å²) in [5.41, 5.74) is 2.25. The number of carbonyl (C=O) groups excluding carboxylic acids is 3. The summed E-state index contributed by atoms with van der Waals surface area (Å²) >= 11 is 0. The number of carbonyl (C=O) groups is 3. The normalized spacial score (nSPS) is 32.8. The summed E-state index contributed by atoms with van der Waals surface area (Å²) in [6.07, 6.45) is 3.34. The number of amides is 2. The van der Waals surface area contributed by atoms with Crippen LogP contribution in [0.4, 0.5) is 0 Å². The van der Waals surface area contributed by atoms with Crippen molar-refractivity contribution >= 4 is 17.6 Å². The van der Waals surface area contributed by atoms with Crippen LogP contribution in [0.2, 0.25) is 0 Å². The zero-order valence-electron chi connectivity index (χ0n) is 13.1. The maximum absolute atomic E-state index is 12.4. The SMILES string of the molecule is Cc1cccc(CN2C3C=CC(=O)C2[C@H]2C(=O)N(C)C(=O)C32)c1. The molecule has 0 aliphatic carbocycles. The van der Waals surface area contributed by atoms with Gasteiger partial charge in [0.25, 0.3) is 0 Å². The summed E-state index contributed by atoms with van der Waals surface area (Å²) < 4.78 is 0. The van der Waals surface area contributed by atoms with Gasteiger partial charge >= 0.3 is 0 Å². The van der Waals surface area contributed by atoms with Crippen LogP contribution in [0.1, 0.15) is 11.1 Å². The predicted octanol–water partition coefficient (Wildman–Crippen LogP) is 0.918. The van der Waals surface area contributed by atoms with Gasteiger partial charge in [0, 0.05) is 19.6 Å². The Labute approximate surface area is 134 Å². The number of ketones is 1. The van der Waals surface area contributed by atoms with Crippen molar-refractivity contribution in [2.45, 2.75) is 25.6 Å². The lowest BCUT2D eigenvalue weighted by Crippen LogP contribution is -2.48. The fourth-order valence-corrected chi connectivity index (χ4v) is 4.24. The molecule has 2 fully saturated rings. The van der Waals surface area contributed by atoms with E-state index in [1.54, 1.807) is 12.2 Å². The molecule has 3 aliphatic heterocycles. The third-order valence-electron chi connectivity index (χ3n) is 5.26. The molecule has 1 aromatic carbocycles. The molecule has 118 valence electrons. The van der Waals surface area contributed by atoms with E-state index in [1.165, 1.54) is 11.9 Å². The summed E-state index contributed by atoms with van der Waals surface area (Å²) in [6, 6.07) is 7.41. The minimum Gasteiger partial charge on any atom is -0.293 e. The summed E-state index contributed by atoms with van der Waals surface area (Å²) in [6.45, 7) is 2.60. The third-order valence-corrected chi connectivity index (χ3v) is 5.26. The van der Waals surface area contributed by atoms with Gasteiger partial charge in [-0.3, -0.25) is 24.2 Å². The second kappa shape index (κ2) is 4.86. The van der Waals surface area contributed by atoms with Gasteiger partial charge in [-0.15, -0.1) is 0 Å². The van der Waals surface area contributed by atoms with Crippen molar-refractivity contribution in [2.24, 2.45) is 11.8 Å². The molecule has 0 radical (unpaired) electrons. The standard InChI is InChI=1S/C18H18N2O3/c1-10-4-3-5-11(8-10)9-20-12-6-7-13(21)16(20)15-14(12)17(22)19(2)18(15)23/h3-8,12,14-16H,9H2,1-2H3/t12?,14?,15-,16?/m0/s1. The highest BCUT2D eigenvalue weighted by molar-refractivity contribution is 6.11. The van der Waals surface area contributed by atoms with Crippen LogP contribution in [0.25, 0.3) is 0 Å². The third kappa shape index (κ3) is 1.93. The highest BCUT2D eigenvalue weighted by Crippen LogP contribution is 2.45. The molecule has 0 N–H and O–H groups in total. The Morgan fingerprint density at radius 2 is 1.83 bits per heavy atom. The number of aryl methyl sites for hydroxylation is 1. The number of nitrogens with zero attached hydrogens (tertiary/aromatic N) is 2. The van der Waals surface area contributed by atoms with E-state index in [-0.39, 0.29) is 23.6 Å². The predicted molar refractivity (Wildman–Crippen MR) is 83.2 cm³/mol. The zero-order chi connectivity index (χ0) is 16.3. The van der Waals surface area contributed by atoms with Crippen molar-refractivity contribution in [2.75, 3.05) is 7.05 Å². The van der Waals surface area contributed by atoms with Crippen LogP contribution in [0.15, 0.2) is 36.4 Å².